The van der Waals surface area contributed by atoms with Crippen LogP contribution in [0.3, 0.4) is 0 Å². The molecule has 0 aromatic carbocycles. The van der Waals surface area contributed by atoms with Crippen LogP contribution in [0.2, 0.25) is 5.02 Å². The molecule has 0 radical (unpaired) electrons. The van der Waals surface area contributed by atoms with Gasteiger partial charge in [0, 0.05) is 33.3 Å². The molecule has 20 heavy (non-hydrogen) atoms. The van der Waals surface area contributed by atoms with E-state index in [1.807, 2.05) is 11.9 Å². The average Bonchev–Trinajstić information content (AvgIpc) is 2.48. The molecule has 1 aromatic rings. The summed E-state index contributed by atoms with van der Waals surface area (Å²) in [5.41, 5.74) is 0. The highest BCUT2D eigenvalue weighted by Crippen LogP contribution is 2.19. The van der Waals surface area contributed by atoms with Gasteiger partial charge in [0.2, 0.25) is 11.9 Å². The molecule has 7 heteroatoms. The average molecular weight is 299 g/mol. The van der Waals surface area contributed by atoms with Crippen LogP contribution in [-0.4, -0.2) is 60.7 Å². The zero-order chi connectivity index (χ0) is 14.5. The van der Waals surface area contributed by atoms with E-state index in [4.69, 9.17) is 16.3 Å². The molecule has 110 valence electrons. The van der Waals surface area contributed by atoms with Gasteiger partial charge in [-0.1, -0.05) is 11.6 Å². The van der Waals surface area contributed by atoms with Crippen LogP contribution in [0.1, 0.15) is 12.8 Å². The minimum absolute atomic E-state index is 0.0522. The summed E-state index contributed by atoms with van der Waals surface area (Å²) in [5.74, 6) is 0.715. The third kappa shape index (κ3) is 3.58. The van der Waals surface area contributed by atoms with E-state index in [0.717, 1.165) is 25.9 Å². The number of carbonyl (C=O) groups is 1. The molecule has 0 bridgehead atoms. The van der Waals surface area contributed by atoms with Crippen molar-refractivity contribution >= 4 is 23.5 Å². The molecule has 1 fully saturated rings. The van der Waals surface area contributed by atoms with Gasteiger partial charge in [0.15, 0.2) is 0 Å². The lowest BCUT2D eigenvalue weighted by atomic mass is 10.0. The van der Waals surface area contributed by atoms with E-state index >= 15 is 0 Å². The lowest BCUT2D eigenvalue weighted by Gasteiger charge is -2.36. The maximum atomic E-state index is 11.7. The standard InChI is InChI=1S/C13H19ClN4O2/c1-17(13-15-7-10(14)8-16-13)11-3-5-18(6-4-11)12(19)9-20-2/h7-8,11H,3-6,9H2,1-2H3. The Morgan fingerprint density at radius 3 is 2.60 bits per heavy atom. The number of carbonyl (C=O) groups excluding carboxylic acids is 1. The van der Waals surface area contributed by atoms with Gasteiger partial charge in [0.25, 0.3) is 0 Å². The number of halogens is 1. The number of ether oxygens (including phenoxy) is 1. The fourth-order valence-electron chi connectivity index (χ4n) is 2.37. The second kappa shape index (κ2) is 6.85. The summed E-state index contributed by atoms with van der Waals surface area (Å²) < 4.78 is 4.88. The van der Waals surface area contributed by atoms with Gasteiger partial charge in [-0.25, -0.2) is 9.97 Å². The molecule has 2 heterocycles. The number of rotatable bonds is 4. The summed E-state index contributed by atoms with van der Waals surface area (Å²) >= 11 is 5.79. The molecule has 1 amide bonds. The molecule has 1 aromatic heterocycles. The SMILES string of the molecule is COCC(=O)N1CCC(N(C)c2ncc(Cl)cn2)CC1. The van der Waals surface area contributed by atoms with Crippen LogP contribution in [-0.2, 0) is 9.53 Å². The Hall–Kier alpha value is -1.40. The zero-order valence-corrected chi connectivity index (χ0v) is 12.5. The normalized spacial score (nSPS) is 16.2. The predicted octanol–water partition coefficient (Wildman–Crippen LogP) is 1.20. The molecular formula is C13H19ClN4O2. The van der Waals surface area contributed by atoms with Crippen molar-refractivity contribution in [3.8, 4) is 0 Å². The van der Waals surface area contributed by atoms with Gasteiger partial charge in [0.1, 0.15) is 6.61 Å². The summed E-state index contributed by atoms with van der Waals surface area (Å²) in [6, 6.07) is 0.336. The van der Waals surface area contributed by atoms with E-state index in [-0.39, 0.29) is 12.5 Å². The van der Waals surface area contributed by atoms with E-state index in [9.17, 15) is 4.79 Å². The molecule has 0 aliphatic carbocycles. The van der Waals surface area contributed by atoms with E-state index in [2.05, 4.69) is 14.9 Å². The Kier molecular flexibility index (Phi) is 5.14. The van der Waals surface area contributed by atoms with Gasteiger partial charge in [-0.05, 0) is 12.8 Å². The first-order chi connectivity index (χ1) is 9.61. The van der Waals surface area contributed by atoms with E-state index in [1.165, 1.54) is 7.11 Å². The second-order valence-corrected chi connectivity index (χ2v) is 5.29. The fraction of sp³-hybridized carbons (Fsp3) is 0.615. The Morgan fingerprint density at radius 1 is 1.45 bits per heavy atom. The molecule has 6 nitrogen and oxygen atoms in total. The first kappa shape index (κ1) is 15.0. The molecule has 0 N–H and O–H groups in total. The van der Waals surface area contributed by atoms with Crippen molar-refractivity contribution in [2.75, 3.05) is 38.8 Å². The number of amides is 1. The lowest BCUT2D eigenvalue weighted by molar-refractivity contribution is -0.136. The summed E-state index contributed by atoms with van der Waals surface area (Å²) in [5, 5.41) is 0.530. The van der Waals surface area contributed by atoms with Crippen molar-refractivity contribution in [1.29, 1.82) is 0 Å². The molecule has 0 atom stereocenters. The minimum Gasteiger partial charge on any atom is -0.375 e. The van der Waals surface area contributed by atoms with Gasteiger partial charge < -0.3 is 14.5 Å². The number of aromatic nitrogens is 2. The molecule has 0 spiro atoms. The Bertz CT molecular complexity index is 446. The van der Waals surface area contributed by atoms with Crippen molar-refractivity contribution in [3.05, 3.63) is 17.4 Å². The lowest BCUT2D eigenvalue weighted by Crippen LogP contribution is -2.47. The number of hydrogen-bond donors (Lipinski definition) is 0. The number of anilines is 1. The van der Waals surface area contributed by atoms with Gasteiger partial charge in [-0.2, -0.15) is 0 Å². The highest BCUT2D eigenvalue weighted by atomic mass is 35.5. The molecular weight excluding hydrogens is 280 g/mol. The third-order valence-corrected chi connectivity index (χ3v) is 3.75. The largest absolute Gasteiger partial charge is 0.375 e. The van der Waals surface area contributed by atoms with Crippen LogP contribution in [0.5, 0.6) is 0 Å². The topological polar surface area (TPSA) is 58.6 Å². The van der Waals surface area contributed by atoms with Crippen molar-refractivity contribution < 1.29 is 9.53 Å². The highest BCUT2D eigenvalue weighted by molar-refractivity contribution is 6.30. The fourth-order valence-corrected chi connectivity index (χ4v) is 2.47. The monoisotopic (exact) mass is 298 g/mol. The van der Waals surface area contributed by atoms with Crippen molar-refractivity contribution in [1.82, 2.24) is 14.9 Å². The van der Waals surface area contributed by atoms with E-state index < -0.39 is 0 Å². The van der Waals surface area contributed by atoms with Crippen LogP contribution in [0.15, 0.2) is 12.4 Å². The molecule has 1 aliphatic rings. The first-order valence-corrected chi connectivity index (χ1v) is 6.96. The number of likely N-dealkylation sites (tertiary alicyclic amines) is 1. The molecule has 0 unspecified atom stereocenters. The van der Waals surface area contributed by atoms with Crippen molar-refractivity contribution in [2.24, 2.45) is 0 Å². The highest BCUT2D eigenvalue weighted by Gasteiger charge is 2.26. The van der Waals surface area contributed by atoms with Crippen LogP contribution < -0.4 is 4.90 Å². The number of methoxy groups -OCH3 is 1. The van der Waals surface area contributed by atoms with Crippen LogP contribution in [0.25, 0.3) is 0 Å². The zero-order valence-electron chi connectivity index (χ0n) is 11.8. The van der Waals surface area contributed by atoms with Crippen LogP contribution in [0, 0.1) is 0 Å². The molecule has 1 saturated heterocycles. The first-order valence-electron chi connectivity index (χ1n) is 6.59. The van der Waals surface area contributed by atoms with Crippen molar-refractivity contribution in [2.45, 2.75) is 18.9 Å². The van der Waals surface area contributed by atoms with Gasteiger partial charge in [0.05, 0.1) is 17.4 Å². The summed E-state index contributed by atoms with van der Waals surface area (Å²) in [4.78, 5) is 24.1. The number of piperidine rings is 1. The number of nitrogens with zero attached hydrogens (tertiary/aromatic N) is 4. The summed E-state index contributed by atoms with van der Waals surface area (Å²) in [6.07, 6.45) is 4.99. The Balaban J connectivity index is 1.90. The van der Waals surface area contributed by atoms with Crippen LogP contribution in [0.4, 0.5) is 5.95 Å². The van der Waals surface area contributed by atoms with Crippen molar-refractivity contribution in [3.63, 3.8) is 0 Å². The van der Waals surface area contributed by atoms with E-state index in [0.29, 0.717) is 17.0 Å². The predicted molar refractivity (Wildman–Crippen MR) is 76.9 cm³/mol. The molecule has 2 rings (SSSR count). The molecule has 1 aliphatic heterocycles. The Morgan fingerprint density at radius 2 is 2.05 bits per heavy atom. The van der Waals surface area contributed by atoms with E-state index in [1.54, 1.807) is 12.4 Å². The maximum absolute atomic E-state index is 11.7. The second-order valence-electron chi connectivity index (χ2n) is 4.86. The quantitative estimate of drug-likeness (QED) is 0.836. The van der Waals surface area contributed by atoms with Gasteiger partial charge >= 0.3 is 0 Å². The summed E-state index contributed by atoms with van der Waals surface area (Å²) in [7, 11) is 3.51. The number of hydrogen-bond acceptors (Lipinski definition) is 5. The third-order valence-electron chi connectivity index (χ3n) is 3.55. The smallest absolute Gasteiger partial charge is 0.248 e. The Labute approximate surface area is 123 Å². The minimum atomic E-state index is 0.0522. The van der Waals surface area contributed by atoms with Crippen LogP contribution >= 0.6 is 11.6 Å². The van der Waals surface area contributed by atoms with Gasteiger partial charge in [-0.15, -0.1) is 0 Å². The maximum Gasteiger partial charge on any atom is 0.248 e. The molecule has 0 saturated carbocycles. The van der Waals surface area contributed by atoms with Gasteiger partial charge in [-0.3, -0.25) is 4.79 Å². The summed E-state index contributed by atoms with van der Waals surface area (Å²) in [6.45, 7) is 1.64.